The Bertz CT molecular complexity index is 787. The van der Waals surface area contributed by atoms with Crippen molar-refractivity contribution in [1.82, 2.24) is 0 Å². The van der Waals surface area contributed by atoms with Crippen LogP contribution in [-0.2, 0) is 14.8 Å². The molecule has 0 saturated carbocycles. The van der Waals surface area contributed by atoms with Gasteiger partial charge in [-0.3, -0.25) is 9.10 Å². The lowest BCUT2D eigenvalue weighted by molar-refractivity contribution is -0.135. The number of halogens is 1. The summed E-state index contributed by atoms with van der Waals surface area (Å²) < 4.78 is 27.2. The summed E-state index contributed by atoms with van der Waals surface area (Å²) in [5.74, 6) is -1.21. The molecule has 2 aromatic rings. The van der Waals surface area contributed by atoms with Gasteiger partial charge in [0.15, 0.2) is 0 Å². The van der Waals surface area contributed by atoms with E-state index >= 15 is 0 Å². The van der Waals surface area contributed by atoms with Crippen LogP contribution in [0.15, 0.2) is 53.4 Å². The van der Waals surface area contributed by atoms with E-state index in [4.69, 9.17) is 5.11 Å². The van der Waals surface area contributed by atoms with E-state index < -0.39 is 22.5 Å². The van der Waals surface area contributed by atoms with E-state index in [-0.39, 0.29) is 4.90 Å². The summed E-state index contributed by atoms with van der Waals surface area (Å²) in [5, 5.41) is 9.08. The lowest BCUT2D eigenvalue weighted by atomic mass is 10.2. The summed E-state index contributed by atoms with van der Waals surface area (Å²) in [6, 6.07) is 13.1. The van der Waals surface area contributed by atoms with Crippen LogP contribution in [0.5, 0.6) is 0 Å². The number of sulfonamides is 1. The number of hydrogen-bond acceptors (Lipinski definition) is 3. The first-order valence-corrected chi connectivity index (χ1v) is 8.90. The Morgan fingerprint density at radius 1 is 1.14 bits per heavy atom. The largest absolute Gasteiger partial charge is 0.480 e. The van der Waals surface area contributed by atoms with Gasteiger partial charge in [0, 0.05) is 3.57 Å². The number of benzene rings is 2. The van der Waals surface area contributed by atoms with E-state index in [1.807, 2.05) is 29.5 Å². The van der Waals surface area contributed by atoms with Crippen molar-refractivity contribution in [3.05, 3.63) is 57.7 Å². The molecule has 0 atom stereocenters. The van der Waals surface area contributed by atoms with Crippen LogP contribution in [-0.4, -0.2) is 26.0 Å². The van der Waals surface area contributed by atoms with E-state index in [0.29, 0.717) is 9.26 Å². The number of anilines is 1. The molecule has 0 aliphatic rings. The minimum atomic E-state index is -3.94. The van der Waals surface area contributed by atoms with Crippen molar-refractivity contribution in [2.24, 2.45) is 0 Å². The average molecular weight is 431 g/mol. The standard InChI is InChI=1S/C15H14INO4S/c1-11-6-8-12(9-7-11)22(20,21)17(10-15(18)19)14-5-3-2-4-13(14)16/h2-9H,10H2,1H3,(H,18,19). The van der Waals surface area contributed by atoms with Crippen LogP contribution < -0.4 is 4.31 Å². The Morgan fingerprint density at radius 3 is 2.27 bits per heavy atom. The second kappa shape index (κ2) is 6.66. The maximum atomic E-state index is 12.8. The normalized spacial score (nSPS) is 11.2. The summed E-state index contributed by atoms with van der Waals surface area (Å²) in [7, 11) is -3.94. The van der Waals surface area contributed by atoms with E-state index in [2.05, 4.69) is 0 Å². The van der Waals surface area contributed by atoms with Crippen molar-refractivity contribution in [2.75, 3.05) is 10.8 Å². The molecular formula is C15H14INO4S. The molecule has 2 aromatic carbocycles. The van der Waals surface area contributed by atoms with E-state index in [1.54, 1.807) is 36.4 Å². The molecule has 0 saturated heterocycles. The van der Waals surface area contributed by atoms with Gasteiger partial charge in [-0.15, -0.1) is 0 Å². The van der Waals surface area contributed by atoms with Crippen LogP contribution in [0.4, 0.5) is 5.69 Å². The summed E-state index contributed by atoms with van der Waals surface area (Å²) in [5.41, 5.74) is 1.28. The van der Waals surface area contributed by atoms with Gasteiger partial charge in [0.05, 0.1) is 10.6 Å². The average Bonchev–Trinajstić information content (AvgIpc) is 2.46. The van der Waals surface area contributed by atoms with Crippen LogP contribution >= 0.6 is 22.6 Å². The first-order chi connectivity index (χ1) is 10.3. The van der Waals surface area contributed by atoms with Crippen LogP contribution in [0.3, 0.4) is 0 Å². The summed E-state index contributed by atoms with van der Waals surface area (Å²) >= 11 is 1.99. The molecule has 0 aliphatic heterocycles. The smallest absolute Gasteiger partial charge is 0.324 e. The molecule has 0 heterocycles. The molecule has 0 aliphatic carbocycles. The first-order valence-electron chi connectivity index (χ1n) is 6.38. The maximum absolute atomic E-state index is 12.8. The molecule has 116 valence electrons. The maximum Gasteiger partial charge on any atom is 0.324 e. The topological polar surface area (TPSA) is 74.7 Å². The summed E-state index contributed by atoms with van der Waals surface area (Å²) in [6.45, 7) is 1.22. The van der Waals surface area contributed by atoms with Crippen molar-refractivity contribution >= 4 is 44.3 Å². The fraction of sp³-hybridized carbons (Fsp3) is 0.133. The Labute approximate surface area is 142 Å². The molecule has 7 heteroatoms. The molecule has 0 fully saturated rings. The quantitative estimate of drug-likeness (QED) is 0.739. The number of nitrogens with zero attached hydrogens (tertiary/aromatic N) is 1. The molecule has 0 radical (unpaired) electrons. The zero-order valence-electron chi connectivity index (χ0n) is 11.7. The fourth-order valence-electron chi connectivity index (χ4n) is 1.91. The number of para-hydroxylation sites is 1. The predicted octanol–water partition coefficient (Wildman–Crippen LogP) is 2.88. The highest BCUT2D eigenvalue weighted by Gasteiger charge is 2.28. The lowest BCUT2D eigenvalue weighted by Gasteiger charge is -2.23. The van der Waals surface area contributed by atoms with Gasteiger partial charge >= 0.3 is 5.97 Å². The molecular weight excluding hydrogens is 417 g/mol. The van der Waals surface area contributed by atoms with Crippen molar-refractivity contribution in [2.45, 2.75) is 11.8 Å². The lowest BCUT2D eigenvalue weighted by Crippen LogP contribution is -2.36. The third-order valence-corrected chi connectivity index (χ3v) is 5.70. The van der Waals surface area contributed by atoms with Gasteiger partial charge in [-0.25, -0.2) is 8.42 Å². The van der Waals surface area contributed by atoms with Crippen LogP contribution in [0.25, 0.3) is 0 Å². The van der Waals surface area contributed by atoms with E-state index in [0.717, 1.165) is 9.87 Å². The number of rotatable bonds is 5. The molecule has 22 heavy (non-hydrogen) atoms. The number of carboxylic acids is 1. The second-order valence-electron chi connectivity index (χ2n) is 4.67. The molecule has 0 spiro atoms. The van der Waals surface area contributed by atoms with Crippen LogP contribution in [0, 0.1) is 10.5 Å². The van der Waals surface area contributed by atoms with Crippen LogP contribution in [0.1, 0.15) is 5.56 Å². The van der Waals surface area contributed by atoms with Gasteiger partial charge in [-0.1, -0.05) is 29.8 Å². The molecule has 1 N–H and O–H groups in total. The Kier molecular flexibility index (Phi) is 5.07. The van der Waals surface area contributed by atoms with Crippen molar-refractivity contribution in [3.8, 4) is 0 Å². The monoisotopic (exact) mass is 431 g/mol. The highest BCUT2D eigenvalue weighted by molar-refractivity contribution is 14.1. The third-order valence-electron chi connectivity index (χ3n) is 3.01. The highest BCUT2D eigenvalue weighted by atomic mass is 127. The second-order valence-corrected chi connectivity index (χ2v) is 7.69. The predicted molar refractivity (Wildman–Crippen MR) is 92.5 cm³/mol. The molecule has 0 unspecified atom stereocenters. The number of hydrogen-bond donors (Lipinski definition) is 1. The van der Waals surface area contributed by atoms with E-state index in [9.17, 15) is 13.2 Å². The number of aryl methyl sites for hydroxylation is 1. The molecule has 5 nitrogen and oxygen atoms in total. The summed E-state index contributed by atoms with van der Waals surface area (Å²) in [6.07, 6.45) is 0. The molecule has 0 aromatic heterocycles. The highest BCUT2D eigenvalue weighted by Crippen LogP contribution is 2.28. The molecule has 2 rings (SSSR count). The number of aliphatic carboxylic acids is 1. The van der Waals surface area contributed by atoms with Crippen LogP contribution in [0.2, 0.25) is 0 Å². The van der Waals surface area contributed by atoms with Crippen molar-refractivity contribution in [1.29, 1.82) is 0 Å². The van der Waals surface area contributed by atoms with E-state index in [1.165, 1.54) is 12.1 Å². The van der Waals surface area contributed by atoms with Gasteiger partial charge < -0.3 is 5.11 Å². The molecule has 0 amide bonds. The zero-order valence-corrected chi connectivity index (χ0v) is 14.7. The number of carboxylic acid groups (broad SMARTS) is 1. The van der Waals surface area contributed by atoms with Gasteiger partial charge in [0.25, 0.3) is 10.0 Å². The van der Waals surface area contributed by atoms with Gasteiger partial charge in [-0.05, 0) is 53.8 Å². The Morgan fingerprint density at radius 2 is 1.73 bits per heavy atom. The van der Waals surface area contributed by atoms with Gasteiger partial charge in [0.2, 0.25) is 0 Å². The minimum absolute atomic E-state index is 0.0685. The SMILES string of the molecule is Cc1ccc(S(=O)(=O)N(CC(=O)O)c2ccccc2I)cc1. The number of carbonyl (C=O) groups is 1. The Hall–Kier alpha value is -1.61. The van der Waals surface area contributed by atoms with Gasteiger partial charge in [-0.2, -0.15) is 0 Å². The van der Waals surface area contributed by atoms with Crippen molar-refractivity contribution in [3.63, 3.8) is 0 Å². The first kappa shape index (κ1) is 16.8. The minimum Gasteiger partial charge on any atom is -0.480 e. The summed E-state index contributed by atoms with van der Waals surface area (Å²) in [4.78, 5) is 11.2. The van der Waals surface area contributed by atoms with Gasteiger partial charge in [0.1, 0.15) is 6.54 Å². The Balaban J connectivity index is 2.56. The zero-order chi connectivity index (χ0) is 16.3. The molecule has 0 bridgehead atoms. The third kappa shape index (κ3) is 3.58. The fourth-order valence-corrected chi connectivity index (χ4v) is 4.19. The van der Waals surface area contributed by atoms with Crippen molar-refractivity contribution < 1.29 is 18.3 Å².